The summed E-state index contributed by atoms with van der Waals surface area (Å²) in [4.78, 5) is 35.6. The number of hydrogen-bond acceptors (Lipinski definition) is 8. The number of aromatic nitrogens is 2. The summed E-state index contributed by atoms with van der Waals surface area (Å²) in [5.74, 6) is 0.701. The fourth-order valence-electron chi connectivity index (χ4n) is 9.54. The Bertz CT molecular complexity index is 2280. The zero-order valence-electron chi connectivity index (χ0n) is 34.8. The minimum Gasteiger partial charge on any atom is -0.462 e. The van der Waals surface area contributed by atoms with E-state index >= 15 is 0 Å². The number of likely N-dealkylation sites (tertiary alicyclic amines) is 1. The number of nitrogens with zero attached hydrogens (tertiary/aromatic N) is 7. The van der Waals surface area contributed by atoms with Crippen LogP contribution >= 0.6 is 0 Å². The lowest BCUT2D eigenvalue weighted by molar-refractivity contribution is -0.128. The van der Waals surface area contributed by atoms with Crippen molar-refractivity contribution in [3.05, 3.63) is 138 Å². The van der Waals surface area contributed by atoms with Gasteiger partial charge in [-0.15, -0.1) is 0 Å². The van der Waals surface area contributed by atoms with Gasteiger partial charge in [0.2, 0.25) is 12.5 Å². The van der Waals surface area contributed by atoms with E-state index in [0.29, 0.717) is 38.8 Å². The maximum absolute atomic E-state index is 12.8. The number of carbonyl (C=O) groups excluding carboxylic acids is 1. The molecule has 2 saturated heterocycles. The topological polar surface area (TPSA) is 78.6 Å². The molecule has 0 saturated carbocycles. The third-order valence-electron chi connectivity index (χ3n) is 12.5. The molecule has 0 radical (unpaired) electrons. The van der Waals surface area contributed by atoms with Crippen molar-refractivity contribution in [3.63, 3.8) is 0 Å². The second-order valence-corrected chi connectivity index (χ2v) is 21.4. The number of likely N-dealkylation sites (N-methyl/N-ethyl adjacent to an activating group) is 1. The van der Waals surface area contributed by atoms with Gasteiger partial charge in [0, 0.05) is 55.4 Å². The number of amides is 1. The normalized spacial score (nSPS) is 20.0. The summed E-state index contributed by atoms with van der Waals surface area (Å²) in [6.07, 6.45) is 2.95. The molecule has 0 bridgehead atoms. The van der Waals surface area contributed by atoms with E-state index < -0.39 is 8.32 Å². The van der Waals surface area contributed by atoms with Gasteiger partial charge >= 0.3 is 6.01 Å². The van der Waals surface area contributed by atoms with E-state index in [4.69, 9.17) is 25.7 Å². The fourth-order valence-corrected chi connectivity index (χ4v) is 14.2. The quantitative estimate of drug-likeness (QED) is 0.0871. The molecular weight excluding hydrogens is 751 g/mol. The van der Waals surface area contributed by atoms with E-state index in [1.807, 2.05) is 0 Å². The minimum atomic E-state index is -2.73. The van der Waals surface area contributed by atoms with Crippen LogP contribution in [-0.2, 0) is 22.2 Å². The van der Waals surface area contributed by atoms with Crippen molar-refractivity contribution in [3.8, 4) is 6.01 Å². The Hall–Kier alpha value is -5.54. The van der Waals surface area contributed by atoms with Gasteiger partial charge in [0.05, 0.1) is 18.3 Å². The molecule has 4 heterocycles. The molecular formula is C48H55N7O3Si. The van der Waals surface area contributed by atoms with Gasteiger partial charge in [0.1, 0.15) is 18.5 Å². The average Bonchev–Trinajstić information content (AvgIpc) is 3.62. The van der Waals surface area contributed by atoms with E-state index in [1.54, 1.807) is 4.90 Å². The Morgan fingerprint density at radius 1 is 0.881 bits per heavy atom. The number of rotatable bonds is 11. The molecule has 3 atom stereocenters. The Balaban J connectivity index is 1.07. The van der Waals surface area contributed by atoms with Gasteiger partial charge in [-0.25, -0.2) is 6.57 Å². The Labute approximate surface area is 350 Å². The maximum Gasteiger partial charge on any atom is 0.318 e. The molecule has 3 aliphatic heterocycles. The number of hydrogen-bond donors (Lipinski definition) is 0. The predicted octanol–water partition coefficient (Wildman–Crippen LogP) is 6.34. The van der Waals surface area contributed by atoms with Crippen LogP contribution in [0.5, 0.6) is 6.01 Å². The van der Waals surface area contributed by atoms with Gasteiger partial charge in [-0.05, 0) is 52.8 Å². The molecule has 0 spiro atoms. The van der Waals surface area contributed by atoms with E-state index in [0.717, 1.165) is 43.0 Å². The zero-order valence-corrected chi connectivity index (χ0v) is 35.8. The van der Waals surface area contributed by atoms with E-state index in [-0.39, 0.29) is 35.7 Å². The van der Waals surface area contributed by atoms with Crippen LogP contribution in [0.2, 0.25) is 5.04 Å². The van der Waals surface area contributed by atoms with Crippen molar-refractivity contribution in [2.24, 2.45) is 0 Å². The van der Waals surface area contributed by atoms with Crippen LogP contribution in [-0.4, -0.2) is 105 Å². The lowest BCUT2D eigenvalue weighted by atomic mass is 10.0. The first-order valence-corrected chi connectivity index (χ1v) is 22.8. The van der Waals surface area contributed by atoms with Crippen molar-refractivity contribution in [2.45, 2.75) is 63.4 Å². The second kappa shape index (κ2) is 17.0. The lowest BCUT2D eigenvalue weighted by Gasteiger charge is -2.44. The third-order valence-corrected chi connectivity index (χ3v) is 17.6. The first-order valence-electron chi connectivity index (χ1n) is 20.8. The van der Waals surface area contributed by atoms with Crippen LogP contribution in [0.3, 0.4) is 0 Å². The smallest absolute Gasteiger partial charge is 0.318 e. The molecule has 59 heavy (non-hydrogen) atoms. The predicted molar refractivity (Wildman–Crippen MR) is 239 cm³/mol. The molecule has 11 heteroatoms. The van der Waals surface area contributed by atoms with Crippen molar-refractivity contribution in [2.75, 3.05) is 62.7 Å². The highest BCUT2D eigenvalue weighted by Gasteiger charge is 2.52. The van der Waals surface area contributed by atoms with Gasteiger partial charge < -0.3 is 28.7 Å². The summed E-state index contributed by atoms with van der Waals surface area (Å²) in [7, 11) is -0.575. The molecule has 2 fully saturated rings. The molecule has 0 unspecified atom stereocenters. The van der Waals surface area contributed by atoms with E-state index in [2.05, 4.69) is 157 Å². The molecule has 1 amide bonds. The van der Waals surface area contributed by atoms with Crippen LogP contribution < -0.4 is 24.9 Å². The van der Waals surface area contributed by atoms with E-state index in [9.17, 15) is 4.79 Å². The van der Waals surface area contributed by atoms with Crippen molar-refractivity contribution in [1.29, 1.82) is 0 Å². The Morgan fingerprint density at radius 3 is 2.27 bits per heavy atom. The largest absolute Gasteiger partial charge is 0.462 e. The molecule has 0 N–H and O–H groups in total. The Kier molecular flexibility index (Phi) is 11.6. The average molecular weight is 806 g/mol. The van der Waals surface area contributed by atoms with Crippen LogP contribution in [0.15, 0.2) is 116 Å². The SMILES string of the molecule is [C-]#[N+]C[C@H]1CN(c2nc(OC[C@H]3C[C@H](O[Si](c4ccccc4)(c4ccccc4)C(C)(C)C)CN3C)nc3c2CCN(c2cccc4ccccc24)C3)CCN1C(=O)C=C. The highest BCUT2D eigenvalue weighted by molar-refractivity contribution is 6.99. The summed E-state index contributed by atoms with van der Waals surface area (Å²) < 4.78 is 14.2. The molecule has 1 aromatic heterocycles. The molecule has 8 rings (SSSR count). The lowest BCUT2D eigenvalue weighted by Crippen LogP contribution is -2.67. The zero-order chi connectivity index (χ0) is 41.1. The highest BCUT2D eigenvalue weighted by atomic mass is 28.4. The number of benzene rings is 4. The summed E-state index contributed by atoms with van der Waals surface area (Å²) in [6, 6.07) is 36.9. The van der Waals surface area contributed by atoms with Gasteiger partial charge in [-0.1, -0.05) is 124 Å². The fraction of sp³-hybridized carbons (Fsp3) is 0.375. The molecule has 5 aromatic rings. The van der Waals surface area contributed by atoms with E-state index in [1.165, 1.54) is 32.9 Å². The molecule has 10 nitrogen and oxygen atoms in total. The summed E-state index contributed by atoms with van der Waals surface area (Å²) in [5.41, 5.74) is 3.24. The number of carbonyl (C=O) groups is 1. The molecule has 0 aliphatic carbocycles. The van der Waals surface area contributed by atoms with Crippen LogP contribution in [0, 0.1) is 6.57 Å². The molecule has 4 aromatic carbocycles. The minimum absolute atomic E-state index is 0.0168. The molecule has 3 aliphatic rings. The summed E-state index contributed by atoms with van der Waals surface area (Å²) >= 11 is 0. The monoisotopic (exact) mass is 805 g/mol. The van der Waals surface area contributed by atoms with Crippen LogP contribution in [0.4, 0.5) is 11.5 Å². The summed E-state index contributed by atoms with van der Waals surface area (Å²) in [5, 5.41) is 4.87. The van der Waals surface area contributed by atoms with Gasteiger partial charge in [0.15, 0.2) is 0 Å². The number of anilines is 2. The Morgan fingerprint density at radius 2 is 1.58 bits per heavy atom. The van der Waals surface area contributed by atoms with Crippen molar-refractivity contribution in [1.82, 2.24) is 19.8 Å². The second-order valence-electron chi connectivity index (χ2n) is 17.1. The van der Waals surface area contributed by atoms with Gasteiger partial charge in [0.25, 0.3) is 8.32 Å². The highest BCUT2D eigenvalue weighted by Crippen LogP contribution is 2.39. The standard InChI is InChI=1S/C48H55N7O3Si/c1-7-45(56)55-28-27-54(31-37(55)30-49-5)46-42-25-26-53(44-24-16-18-35-17-14-15-23-41(35)44)33-43(42)50-47(51-46)57-34-36-29-38(32-52(36)6)58-59(48(2,3)4,39-19-10-8-11-20-39)40-21-12-9-13-22-40/h7-24,36-38H,1,25-34H2,2-4,6H3/t36-,37+,38+/m1/s1. The van der Waals surface area contributed by atoms with Crippen molar-refractivity contribution < 1.29 is 14.0 Å². The van der Waals surface area contributed by atoms with Gasteiger partial charge in [-0.3, -0.25) is 9.69 Å². The van der Waals surface area contributed by atoms with Crippen LogP contribution in [0.1, 0.15) is 38.4 Å². The first kappa shape index (κ1) is 40.2. The number of fused-ring (bicyclic) bond motifs is 2. The summed E-state index contributed by atoms with van der Waals surface area (Å²) in [6.45, 7) is 22.8. The number of ether oxygens (including phenoxy) is 1. The van der Waals surface area contributed by atoms with Gasteiger partial charge in [-0.2, -0.15) is 9.97 Å². The number of piperazine rings is 1. The van der Waals surface area contributed by atoms with Crippen molar-refractivity contribution >= 4 is 46.9 Å². The van der Waals surface area contributed by atoms with Crippen LogP contribution in [0.25, 0.3) is 15.6 Å². The maximum atomic E-state index is 12.8. The third kappa shape index (κ3) is 7.97. The first-order chi connectivity index (χ1) is 28.6. The molecule has 304 valence electrons.